The van der Waals surface area contributed by atoms with Gasteiger partial charge < -0.3 is 0 Å². The van der Waals surface area contributed by atoms with Gasteiger partial charge in [0.2, 0.25) is 0 Å². The summed E-state index contributed by atoms with van der Waals surface area (Å²) < 4.78 is 1.60. The van der Waals surface area contributed by atoms with Crippen molar-refractivity contribution in [2.24, 2.45) is 5.10 Å². The number of benzene rings is 3. The zero-order chi connectivity index (χ0) is 26.9. The summed E-state index contributed by atoms with van der Waals surface area (Å²) in [5.41, 5.74) is 6.05. The van der Waals surface area contributed by atoms with Gasteiger partial charge in [-0.15, -0.1) is 11.3 Å². The molecule has 3 aromatic carbocycles. The van der Waals surface area contributed by atoms with Crippen molar-refractivity contribution in [1.29, 1.82) is 0 Å². The number of halogens is 1. The molecule has 5 aromatic rings. The van der Waals surface area contributed by atoms with Crippen LogP contribution in [0.5, 0.6) is 0 Å². The number of nitrogens with zero attached hydrogens (tertiary/aromatic N) is 3. The Kier molecular flexibility index (Phi) is 7.25. The van der Waals surface area contributed by atoms with Crippen LogP contribution in [-0.2, 0) is 17.6 Å². The van der Waals surface area contributed by atoms with Crippen molar-refractivity contribution in [3.63, 3.8) is 0 Å². The highest BCUT2D eigenvalue weighted by molar-refractivity contribution is 7.99. The van der Waals surface area contributed by atoms with Gasteiger partial charge in [-0.25, -0.2) is 10.4 Å². The van der Waals surface area contributed by atoms with Gasteiger partial charge in [-0.2, -0.15) is 5.10 Å². The number of thiophene rings is 1. The van der Waals surface area contributed by atoms with Crippen LogP contribution in [0, 0.1) is 0 Å². The van der Waals surface area contributed by atoms with E-state index in [2.05, 4.69) is 22.7 Å². The molecule has 9 heteroatoms. The predicted octanol–water partition coefficient (Wildman–Crippen LogP) is 6.77. The van der Waals surface area contributed by atoms with Crippen molar-refractivity contribution in [3.05, 3.63) is 98.1 Å². The fourth-order valence-corrected chi connectivity index (χ4v) is 7.24. The number of fused-ring (bicyclic) bond motifs is 4. The molecule has 0 fully saturated rings. The molecule has 0 aliphatic heterocycles. The monoisotopic (exact) mass is 572 g/mol. The summed E-state index contributed by atoms with van der Waals surface area (Å²) in [7, 11) is 0. The number of amides is 1. The molecule has 1 amide bonds. The Balaban J connectivity index is 1.29. The molecule has 39 heavy (non-hydrogen) atoms. The molecule has 1 aliphatic rings. The van der Waals surface area contributed by atoms with Gasteiger partial charge in [0.05, 0.1) is 22.5 Å². The summed E-state index contributed by atoms with van der Waals surface area (Å²) >= 11 is 8.94. The second kappa shape index (κ2) is 11.0. The molecule has 6 rings (SSSR count). The van der Waals surface area contributed by atoms with Crippen LogP contribution in [-0.4, -0.2) is 26.9 Å². The molecule has 0 bridgehead atoms. The Hall–Kier alpha value is -3.46. The Morgan fingerprint density at radius 3 is 2.69 bits per heavy atom. The van der Waals surface area contributed by atoms with E-state index < -0.39 is 0 Å². The second-order valence-corrected chi connectivity index (χ2v) is 11.9. The van der Waals surface area contributed by atoms with Crippen LogP contribution >= 0.6 is 34.7 Å². The third-order valence-electron chi connectivity index (χ3n) is 6.90. The van der Waals surface area contributed by atoms with Crippen molar-refractivity contribution >= 4 is 67.3 Å². The number of hydrogen-bond donors (Lipinski definition) is 1. The minimum absolute atomic E-state index is 0.0585. The van der Waals surface area contributed by atoms with E-state index in [0.717, 1.165) is 52.4 Å². The van der Waals surface area contributed by atoms with Crippen molar-refractivity contribution in [2.45, 2.75) is 37.8 Å². The van der Waals surface area contributed by atoms with Gasteiger partial charge >= 0.3 is 0 Å². The van der Waals surface area contributed by atoms with Gasteiger partial charge in [-0.05, 0) is 73.2 Å². The molecule has 0 radical (unpaired) electrons. The Morgan fingerprint density at radius 2 is 1.85 bits per heavy atom. The number of carbonyl (C=O) groups excluding carboxylic acids is 1. The highest BCUT2D eigenvalue weighted by Gasteiger charge is 2.23. The summed E-state index contributed by atoms with van der Waals surface area (Å²) in [6.07, 6.45) is 4.09. The number of hydrazone groups is 1. The minimum Gasteiger partial charge on any atom is -0.272 e. The summed E-state index contributed by atoms with van der Waals surface area (Å²) in [6, 6.07) is 21.2. The Bertz CT molecular complexity index is 1800. The standard InChI is InChI=1S/C30H25ClN4O2S2/c1-18(22-11-6-8-19-7-2-3-9-23(19)22)33-34-26(36)17-38-30-32-28-27(24-10-4-5-12-25(24)39-28)29(37)35(30)21-15-13-20(31)14-16-21/h2-3,6-9,11,13-16H,4-5,10,12,17H2,1H3,(H,34,36). The van der Waals surface area contributed by atoms with Gasteiger partial charge in [-0.1, -0.05) is 65.8 Å². The van der Waals surface area contributed by atoms with Crippen LogP contribution < -0.4 is 11.0 Å². The van der Waals surface area contributed by atoms with Gasteiger partial charge in [0.25, 0.3) is 11.5 Å². The summed E-state index contributed by atoms with van der Waals surface area (Å²) in [5, 5.41) is 8.31. The van der Waals surface area contributed by atoms with Crippen molar-refractivity contribution in [2.75, 3.05) is 5.75 Å². The summed E-state index contributed by atoms with van der Waals surface area (Å²) in [5.74, 6) is -0.217. The quantitative estimate of drug-likeness (QED) is 0.105. The molecule has 0 atom stereocenters. The van der Waals surface area contributed by atoms with E-state index in [9.17, 15) is 9.59 Å². The number of rotatable bonds is 6. The summed E-state index contributed by atoms with van der Waals surface area (Å²) in [6.45, 7) is 1.88. The molecular formula is C30H25ClN4O2S2. The first-order valence-electron chi connectivity index (χ1n) is 12.8. The third kappa shape index (κ3) is 5.12. The highest BCUT2D eigenvalue weighted by atomic mass is 35.5. The predicted molar refractivity (Wildman–Crippen MR) is 162 cm³/mol. The third-order valence-corrected chi connectivity index (χ3v) is 9.28. The molecule has 1 aliphatic carbocycles. The van der Waals surface area contributed by atoms with E-state index in [1.54, 1.807) is 40.2 Å². The van der Waals surface area contributed by atoms with Gasteiger partial charge in [-0.3, -0.25) is 14.2 Å². The van der Waals surface area contributed by atoms with Gasteiger partial charge in [0.15, 0.2) is 5.16 Å². The molecule has 0 saturated heterocycles. The molecule has 2 heterocycles. The number of hydrogen-bond acceptors (Lipinski definition) is 6. The molecule has 6 nitrogen and oxygen atoms in total. The molecule has 0 spiro atoms. The average Bonchev–Trinajstić information content (AvgIpc) is 3.34. The molecule has 1 N–H and O–H groups in total. The van der Waals surface area contributed by atoms with E-state index in [1.165, 1.54) is 16.6 Å². The maximum Gasteiger partial charge on any atom is 0.267 e. The normalized spacial score (nSPS) is 13.5. The van der Waals surface area contributed by atoms with E-state index in [-0.39, 0.29) is 17.2 Å². The summed E-state index contributed by atoms with van der Waals surface area (Å²) in [4.78, 5) is 33.6. The zero-order valence-corrected chi connectivity index (χ0v) is 23.6. The van der Waals surface area contributed by atoms with E-state index in [0.29, 0.717) is 27.0 Å². The lowest BCUT2D eigenvalue weighted by atomic mass is 9.97. The minimum atomic E-state index is -0.276. The molecule has 2 aromatic heterocycles. The van der Waals surface area contributed by atoms with Crippen LogP contribution in [0.2, 0.25) is 5.02 Å². The van der Waals surface area contributed by atoms with E-state index in [4.69, 9.17) is 16.6 Å². The Morgan fingerprint density at radius 1 is 1.08 bits per heavy atom. The van der Waals surface area contributed by atoms with Gasteiger partial charge in [0, 0.05) is 15.5 Å². The second-order valence-electron chi connectivity index (χ2n) is 9.45. The Labute approximate surface area is 238 Å². The first-order valence-corrected chi connectivity index (χ1v) is 14.9. The van der Waals surface area contributed by atoms with Crippen molar-refractivity contribution in [1.82, 2.24) is 15.0 Å². The van der Waals surface area contributed by atoms with Crippen LogP contribution in [0.3, 0.4) is 0 Å². The lowest BCUT2D eigenvalue weighted by Gasteiger charge is -2.13. The number of thioether (sulfide) groups is 1. The SMILES string of the molecule is CC(=NNC(=O)CSc1nc2sc3c(c2c(=O)n1-c1ccc(Cl)cc1)CCCC3)c1cccc2ccccc12. The highest BCUT2D eigenvalue weighted by Crippen LogP contribution is 2.35. The molecule has 0 saturated carbocycles. The number of aryl methyl sites for hydroxylation is 2. The molecular weight excluding hydrogens is 548 g/mol. The smallest absolute Gasteiger partial charge is 0.267 e. The maximum absolute atomic E-state index is 13.9. The average molecular weight is 573 g/mol. The zero-order valence-electron chi connectivity index (χ0n) is 21.2. The van der Waals surface area contributed by atoms with Crippen LogP contribution in [0.1, 0.15) is 35.8 Å². The van der Waals surface area contributed by atoms with Crippen molar-refractivity contribution in [3.8, 4) is 5.69 Å². The van der Waals surface area contributed by atoms with Gasteiger partial charge in [0.1, 0.15) is 4.83 Å². The van der Waals surface area contributed by atoms with Crippen LogP contribution in [0.15, 0.2) is 81.8 Å². The first-order chi connectivity index (χ1) is 19.0. The van der Waals surface area contributed by atoms with E-state index in [1.807, 2.05) is 37.3 Å². The largest absolute Gasteiger partial charge is 0.272 e. The van der Waals surface area contributed by atoms with Crippen LogP contribution in [0.25, 0.3) is 26.7 Å². The number of carbonyl (C=O) groups is 1. The van der Waals surface area contributed by atoms with E-state index >= 15 is 0 Å². The lowest BCUT2D eigenvalue weighted by molar-refractivity contribution is -0.118. The molecule has 196 valence electrons. The number of nitrogens with one attached hydrogen (secondary N) is 1. The first kappa shape index (κ1) is 25.8. The van der Waals surface area contributed by atoms with Crippen LogP contribution in [0.4, 0.5) is 0 Å². The van der Waals surface area contributed by atoms with Crippen molar-refractivity contribution < 1.29 is 4.79 Å². The molecule has 0 unspecified atom stereocenters. The maximum atomic E-state index is 13.9. The number of aromatic nitrogens is 2. The fourth-order valence-electron chi connectivity index (χ4n) is 5.01. The topological polar surface area (TPSA) is 76.3 Å². The lowest BCUT2D eigenvalue weighted by Crippen LogP contribution is -2.24. The fraction of sp³-hybridized carbons (Fsp3) is 0.200.